The summed E-state index contributed by atoms with van der Waals surface area (Å²) >= 11 is 0. The molecular formula is C15H19N. The van der Waals surface area contributed by atoms with Crippen molar-refractivity contribution >= 4 is 0 Å². The number of hydrogen-bond donors (Lipinski definition) is 1. The first kappa shape index (κ1) is 11.2. The molecule has 0 aliphatic heterocycles. The smallest absolute Gasteiger partial charge is 0.0580 e. The molecule has 84 valence electrons. The molecule has 1 N–H and O–H groups in total. The molecule has 1 heteroatoms. The van der Waals surface area contributed by atoms with Crippen LogP contribution in [0.3, 0.4) is 0 Å². The predicted molar refractivity (Wildman–Crippen MR) is 68.1 cm³/mol. The third-order valence-corrected chi connectivity index (χ3v) is 3.11. The molecule has 1 saturated carbocycles. The highest BCUT2D eigenvalue weighted by atomic mass is 14.8. The average Bonchev–Trinajstić information content (AvgIpc) is 3.13. The molecular weight excluding hydrogens is 194 g/mol. The second-order valence-electron chi connectivity index (χ2n) is 4.61. The van der Waals surface area contributed by atoms with Crippen molar-refractivity contribution in [3.63, 3.8) is 0 Å². The second-order valence-corrected chi connectivity index (χ2v) is 4.61. The maximum Gasteiger partial charge on any atom is 0.0580 e. The Bertz CT molecular complexity index is 367. The predicted octanol–water partition coefficient (Wildman–Crippen LogP) is 2.67. The van der Waals surface area contributed by atoms with Gasteiger partial charge in [-0.15, -0.1) is 0 Å². The van der Waals surface area contributed by atoms with E-state index >= 15 is 0 Å². The molecule has 1 aliphatic rings. The molecule has 1 fully saturated rings. The van der Waals surface area contributed by atoms with Gasteiger partial charge in [-0.3, -0.25) is 0 Å². The number of hydrogen-bond acceptors (Lipinski definition) is 1. The Hall–Kier alpha value is -1.26. The van der Waals surface area contributed by atoms with Crippen molar-refractivity contribution in [2.75, 3.05) is 13.1 Å². The summed E-state index contributed by atoms with van der Waals surface area (Å²) in [5.74, 6) is 8.11. The summed E-state index contributed by atoms with van der Waals surface area (Å²) in [7, 11) is 0. The van der Waals surface area contributed by atoms with E-state index in [4.69, 9.17) is 0 Å². The van der Waals surface area contributed by atoms with Gasteiger partial charge in [-0.25, -0.2) is 0 Å². The SMILES string of the molecule is CC(CNCC#Cc1ccccc1)C1CC1. The Morgan fingerprint density at radius 2 is 2.06 bits per heavy atom. The van der Waals surface area contributed by atoms with Gasteiger partial charge in [-0.2, -0.15) is 0 Å². The van der Waals surface area contributed by atoms with Gasteiger partial charge in [0.1, 0.15) is 0 Å². The fraction of sp³-hybridized carbons (Fsp3) is 0.467. The normalized spacial score (nSPS) is 16.3. The van der Waals surface area contributed by atoms with Crippen LogP contribution in [0.2, 0.25) is 0 Å². The lowest BCUT2D eigenvalue weighted by atomic mass is 10.1. The monoisotopic (exact) mass is 213 g/mol. The lowest BCUT2D eigenvalue weighted by molar-refractivity contribution is 0.476. The van der Waals surface area contributed by atoms with Crippen molar-refractivity contribution in [3.8, 4) is 11.8 Å². The van der Waals surface area contributed by atoms with Crippen LogP contribution in [0, 0.1) is 23.7 Å². The largest absolute Gasteiger partial charge is 0.306 e. The highest BCUT2D eigenvalue weighted by Crippen LogP contribution is 2.35. The van der Waals surface area contributed by atoms with Crippen molar-refractivity contribution in [2.24, 2.45) is 11.8 Å². The van der Waals surface area contributed by atoms with E-state index in [-0.39, 0.29) is 0 Å². The van der Waals surface area contributed by atoms with Crippen LogP contribution in [0.25, 0.3) is 0 Å². The zero-order chi connectivity index (χ0) is 11.2. The first-order chi connectivity index (χ1) is 7.86. The van der Waals surface area contributed by atoms with E-state index in [1.807, 2.05) is 30.3 Å². The lowest BCUT2D eigenvalue weighted by Crippen LogP contribution is -2.22. The van der Waals surface area contributed by atoms with Crippen LogP contribution >= 0.6 is 0 Å². The van der Waals surface area contributed by atoms with Crippen molar-refractivity contribution in [2.45, 2.75) is 19.8 Å². The molecule has 2 rings (SSSR count). The summed E-state index contributed by atoms with van der Waals surface area (Å²) in [6.07, 6.45) is 2.86. The third kappa shape index (κ3) is 3.72. The van der Waals surface area contributed by atoms with Gasteiger partial charge < -0.3 is 5.32 Å². The topological polar surface area (TPSA) is 12.0 Å². The second kappa shape index (κ2) is 5.72. The molecule has 1 unspecified atom stereocenters. The zero-order valence-corrected chi connectivity index (χ0v) is 9.87. The van der Waals surface area contributed by atoms with Gasteiger partial charge in [-0.1, -0.05) is 37.0 Å². The van der Waals surface area contributed by atoms with Crippen molar-refractivity contribution < 1.29 is 0 Å². The van der Waals surface area contributed by atoms with Crippen LogP contribution in [-0.4, -0.2) is 13.1 Å². The van der Waals surface area contributed by atoms with E-state index in [0.29, 0.717) is 0 Å². The van der Waals surface area contributed by atoms with Crippen LogP contribution < -0.4 is 5.32 Å². The molecule has 0 saturated heterocycles. The standard InChI is InChI=1S/C15H19N/c1-13(15-9-10-15)12-16-11-5-8-14-6-3-2-4-7-14/h2-4,6-7,13,15-16H,9-12H2,1H3. The van der Waals surface area contributed by atoms with E-state index < -0.39 is 0 Å². The van der Waals surface area contributed by atoms with Crippen molar-refractivity contribution in [3.05, 3.63) is 35.9 Å². The van der Waals surface area contributed by atoms with Gasteiger partial charge in [0.15, 0.2) is 0 Å². The summed E-state index contributed by atoms with van der Waals surface area (Å²) in [6.45, 7) is 4.23. The van der Waals surface area contributed by atoms with Crippen molar-refractivity contribution in [1.29, 1.82) is 0 Å². The molecule has 16 heavy (non-hydrogen) atoms. The first-order valence-corrected chi connectivity index (χ1v) is 6.11. The molecule has 1 aromatic rings. The average molecular weight is 213 g/mol. The number of rotatable bonds is 4. The Kier molecular flexibility index (Phi) is 4.02. The number of benzene rings is 1. The van der Waals surface area contributed by atoms with Gasteiger partial charge in [0, 0.05) is 5.56 Å². The quantitative estimate of drug-likeness (QED) is 0.599. The fourth-order valence-electron chi connectivity index (χ4n) is 1.86. The minimum absolute atomic E-state index is 0.798. The Morgan fingerprint density at radius 1 is 1.31 bits per heavy atom. The third-order valence-electron chi connectivity index (χ3n) is 3.11. The molecule has 1 aliphatic carbocycles. The van der Waals surface area contributed by atoms with Gasteiger partial charge in [0.25, 0.3) is 0 Å². The maximum atomic E-state index is 3.40. The minimum Gasteiger partial charge on any atom is -0.306 e. The van der Waals surface area contributed by atoms with Gasteiger partial charge in [-0.05, 0) is 43.4 Å². The van der Waals surface area contributed by atoms with Gasteiger partial charge >= 0.3 is 0 Å². The summed E-state index contributed by atoms with van der Waals surface area (Å²) in [5.41, 5.74) is 1.10. The van der Waals surface area contributed by atoms with Crippen LogP contribution in [0.1, 0.15) is 25.3 Å². The first-order valence-electron chi connectivity index (χ1n) is 6.11. The van der Waals surface area contributed by atoms with Crippen LogP contribution in [0.5, 0.6) is 0 Å². The van der Waals surface area contributed by atoms with E-state index in [1.54, 1.807) is 0 Å². The van der Waals surface area contributed by atoms with Gasteiger partial charge in [0.2, 0.25) is 0 Å². The molecule has 0 heterocycles. The van der Waals surface area contributed by atoms with E-state index in [2.05, 4.69) is 24.1 Å². The highest BCUT2D eigenvalue weighted by Gasteiger charge is 2.26. The van der Waals surface area contributed by atoms with E-state index in [0.717, 1.165) is 30.5 Å². The number of nitrogens with one attached hydrogen (secondary N) is 1. The Morgan fingerprint density at radius 3 is 2.75 bits per heavy atom. The lowest BCUT2D eigenvalue weighted by Gasteiger charge is -2.08. The Balaban J connectivity index is 1.66. The van der Waals surface area contributed by atoms with E-state index in [9.17, 15) is 0 Å². The molecule has 0 aromatic heterocycles. The molecule has 1 aromatic carbocycles. The fourth-order valence-corrected chi connectivity index (χ4v) is 1.86. The summed E-state index contributed by atoms with van der Waals surface area (Å²) < 4.78 is 0. The van der Waals surface area contributed by atoms with Crippen LogP contribution in [0.15, 0.2) is 30.3 Å². The summed E-state index contributed by atoms with van der Waals surface area (Å²) in [5, 5.41) is 3.40. The molecule has 1 nitrogen and oxygen atoms in total. The zero-order valence-electron chi connectivity index (χ0n) is 9.87. The minimum atomic E-state index is 0.798. The highest BCUT2D eigenvalue weighted by molar-refractivity contribution is 5.33. The summed E-state index contributed by atoms with van der Waals surface area (Å²) in [6, 6.07) is 10.1. The van der Waals surface area contributed by atoms with Crippen LogP contribution in [-0.2, 0) is 0 Å². The van der Waals surface area contributed by atoms with Crippen molar-refractivity contribution in [1.82, 2.24) is 5.32 Å². The molecule has 0 spiro atoms. The molecule has 1 atom stereocenters. The summed E-state index contributed by atoms with van der Waals surface area (Å²) in [4.78, 5) is 0. The van der Waals surface area contributed by atoms with Crippen LogP contribution in [0.4, 0.5) is 0 Å². The van der Waals surface area contributed by atoms with E-state index in [1.165, 1.54) is 12.8 Å². The molecule has 0 amide bonds. The maximum absolute atomic E-state index is 3.40. The Labute approximate surface area is 98.3 Å². The molecule has 0 bridgehead atoms. The van der Waals surface area contributed by atoms with Gasteiger partial charge in [0.05, 0.1) is 6.54 Å². The molecule has 0 radical (unpaired) electrons.